The Kier molecular flexibility index (Phi) is 3.62. The molecule has 2 N–H and O–H groups in total. The predicted molar refractivity (Wildman–Crippen MR) is 80.5 cm³/mol. The lowest BCUT2D eigenvalue weighted by atomic mass is 10.4. The minimum atomic E-state index is -3.51. The summed E-state index contributed by atoms with van der Waals surface area (Å²) in [5, 5.41) is 4.28. The summed E-state index contributed by atoms with van der Waals surface area (Å²) in [6, 6.07) is 1.70. The van der Waals surface area contributed by atoms with Crippen LogP contribution in [-0.4, -0.2) is 48.5 Å². The van der Waals surface area contributed by atoms with E-state index in [1.54, 1.807) is 32.0 Å². The van der Waals surface area contributed by atoms with Gasteiger partial charge in [-0.3, -0.25) is 0 Å². The van der Waals surface area contributed by atoms with Crippen molar-refractivity contribution in [2.24, 2.45) is 0 Å². The zero-order valence-electron chi connectivity index (χ0n) is 12.6. The van der Waals surface area contributed by atoms with Crippen LogP contribution >= 0.6 is 0 Å². The molecule has 0 bridgehead atoms. The molecule has 2 aromatic heterocycles. The van der Waals surface area contributed by atoms with Crippen molar-refractivity contribution < 1.29 is 8.42 Å². The van der Waals surface area contributed by atoms with Gasteiger partial charge in [0, 0.05) is 32.1 Å². The van der Waals surface area contributed by atoms with E-state index in [2.05, 4.69) is 15.1 Å². The van der Waals surface area contributed by atoms with Gasteiger partial charge in [-0.2, -0.15) is 4.68 Å². The molecule has 0 amide bonds. The van der Waals surface area contributed by atoms with E-state index in [0.717, 1.165) is 11.9 Å². The van der Waals surface area contributed by atoms with E-state index in [0.29, 0.717) is 11.6 Å². The maximum Gasteiger partial charge on any atom is 0.182 e. The fourth-order valence-electron chi connectivity index (χ4n) is 2.03. The van der Waals surface area contributed by atoms with Crippen molar-refractivity contribution in [1.82, 2.24) is 19.7 Å². The Morgan fingerprint density at radius 1 is 1.24 bits per heavy atom. The van der Waals surface area contributed by atoms with Gasteiger partial charge in [-0.25, -0.2) is 18.4 Å². The first kappa shape index (κ1) is 15.2. The molecule has 0 saturated heterocycles. The van der Waals surface area contributed by atoms with Crippen LogP contribution < -0.4 is 10.6 Å². The van der Waals surface area contributed by atoms with Crippen molar-refractivity contribution >= 4 is 21.5 Å². The predicted octanol–water partition coefficient (Wildman–Crippen LogP) is 0.331. The molecule has 0 aliphatic heterocycles. The van der Waals surface area contributed by atoms with E-state index in [-0.39, 0.29) is 16.5 Å². The number of anilines is 2. The Morgan fingerprint density at radius 2 is 1.86 bits per heavy atom. The molecule has 0 radical (unpaired) electrons. The molecule has 9 heteroatoms. The number of nitrogen functional groups attached to an aromatic ring is 1. The number of sulfone groups is 1. The first-order valence-electron chi connectivity index (χ1n) is 6.20. The van der Waals surface area contributed by atoms with Crippen molar-refractivity contribution in [3.8, 4) is 5.82 Å². The monoisotopic (exact) mass is 310 g/mol. The van der Waals surface area contributed by atoms with Gasteiger partial charge in [-0.05, 0) is 13.8 Å². The average Bonchev–Trinajstić information content (AvgIpc) is 2.65. The zero-order chi connectivity index (χ0) is 15.9. The molecule has 2 aromatic rings. The molecule has 0 atom stereocenters. The molecule has 114 valence electrons. The van der Waals surface area contributed by atoms with Gasteiger partial charge in [0.15, 0.2) is 26.4 Å². The second-order valence-electron chi connectivity index (χ2n) is 5.03. The fourth-order valence-corrected chi connectivity index (χ4v) is 3.05. The highest BCUT2D eigenvalue weighted by atomic mass is 32.2. The highest BCUT2D eigenvalue weighted by Crippen LogP contribution is 2.30. The van der Waals surface area contributed by atoms with Crippen LogP contribution in [-0.2, 0) is 9.84 Å². The molecule has 0 unspecified atom stereocenters. The Morgan fingerprint density at radius 3 is 2.29 bits per heavy atom. The molecule has 0 aromatic carbocycles. The van der Waals surface area contributed by atoms with Crippen LogP contribution in [0.1, 0.15) is 11.5 Å². The third kappa shape index (κ3) is 2.82. The molecule has 0 aliphatic rings. The van der Waals surface area contributed by atoms with Crippen LogP contribution in [0.3, 0.4) is 0 Å². The Balaban J connectivity index is 2.77. The van der Waals surface area contributed by atoms with Crippen LogP contribution in [0.2, 0.25) is 0 Å². The third-order valence-corrected chi connectivity index (χ3v) is 3.96. The van der Waals surface area contributed by atoms with Crippen LogP contribution in [0.15, 0.2) is 11.0 Å². The van der Waals surface area contributed by atoms with E-state index in [1.165, 1.54) is 4.68 Å². The molecular weight excluding hydrogens is 292 g/mol. The zero-order valence-corrected chi connectivity index (χ0v) is 13.4. The van der Waals surface area contributed by atoms with Gasteiger partial charge < -0.3 is 10.6 Å². The lowest BCUT2D eigenvalue weighted by Gasteiger charge is -2.09. The summed E-state index contributed by atoms with van der Waals surface area (Å²) in [6.07, 6.45) is 1.11. The Bertz CT molecular complexity index is 774. The quantitative estimate of drug-likeness (QED) is 0.870. The van der Waals surface area contributed by atoms with Crippen LogP contribution in [0.25, 0.3) is 5.82 Å². The lowest BCUT2D eigenvalue weighted by molar-refractivity contribution is 0.602. The topological polar surface area (TPSA) is 107 Å². The van der Waals surface area contributed by atoms with Gasteiger partial charge in [-0.1, -0.05) is 0 Å². The number of aromatic nitrogens is 4. The van der Waals surface area contributed by atoms with Gasteiger partial charge in [0.25, 0.3) is 0 Å². The molecule has 8 nitrogen and oxygen atoms in total. The van der Waals surface area contributed by atoms with E-state index in [4.69, 9.17) is 5.73 Å². The number of hydrogen-bond acceptors (Lipinski definition) is 7. The van der Waals surface area contributed by atoms with Gasteiger partial charge in [-0.15, -0.1) is 5.10 Å². The van der Waals surface area contributed by atoms with Crippen molar-refractivity contribution in [1.29, 1.82) is 0 Å². The SMILES string of the molecule is Cc1cc(-n2nc(N(C)C)c(S(C)(=O)=O)c2N)nc(C)n1. The van der Waals surface area contributed by atoms with Gasteiger partial charge in [0.1, 0.15) is 11.6 Å². The average molecular weight is 310 g/mol. The van der Waals surface area contributed by atoms with Crippen molar-refractivity contribution in [2.75, 3.05) is 31.0 Å². The molecule has 0 aliphatic carbocycles. The van der Waals surface area contributed by atoms with Crippen molar-refractivity contribution in [2.45, 2.75) is 18.7 Å². The smallest absolute Gasteiger partial charge is 0.182 e. The van der Waals surface area contributed by atoms with Gasteiger partial charge >= 0.3 is 0 Å². The van der Waals surface area contributed by atoms with E-state index in [1.807, 2.05) is 6.92 Å². The summed E-state index contributed by atoms with van der Waals surface area (Å²) in [5.41, 5.74) is 6.74. The Hall–Kier alpha value is -2.16. The number of nitrogens with two attached hydrogens (primary N) is 1. The maximum atomic E-state index is 12.0. The third-order valence-electron chi connectivity index (χ3n) is 2.82. The summed E-state index contributed by atoms with van der Waals surface area (Å²) in [5.74, 6) is 1.32. The summed E-state index contributed by atoms with van der Waals surface area (Å²) in [6.45, 7) is 3.57. The molecule has 2 rings (SSSR count). The molecular formula is C12H18N6O2S. The molecule has 2 heterocycles. The second kappa shape index (κ2) is 4.99. The first-order chi connectivity index (χ1) is 9.61. The highest BCUT2D eigenvalue weighted by Gasteiger charge is 2.26. The second-order valence-corrected chi connectivity index (χ2v) is 6.98. The van der Waals surface area contributed by atoms with E-state index >= 15 is 0 Å². The van der Waals surface area contributed by atoms with Crippen molar-refractivity contribution in [3.05, 3.63) is 17.6 Å². The van der Waals surface area contributed by atoms with Crippen LogP contribution in [0.5, 0.6) is 0 Å². The normalized spacial score (nSPS) is 11.7. The standard InChI is InChI=1S/C12H18N6O2S/c1-7-6-9(15-8(2)14-7)18-11(13)10(21(5,19)20)12(16-18)17(3)4/h6H,13H2,1-5H3. The van der Waals surface area contributed by atoms with Crippen LogP contribution in [0.4, 0.5) is 11.6 Å². The minimum Gasteiger partial charge on any atom is -0.382 e. The largest absolute Gasteiger partial charge is 0.382 e. The van der Waals surface area contributed by atoms with Crippen molar-refractivity contribution in [3.63, 3.8) is 0 Å². The minimum absolute atomic E-state index is 0.00131. The number of hydrogen-bond donors (Lipinski definition) is 1. The number of nitrogens with zero attached hydrogens (tertiary/aromatic N) is 5. The van der Waals surface area contributed by atoms with E-state index in [9.17, 15) is 8.42 Å². The molecule has 0 saturated carbocycles. The summed E-state index contributed by atoms with van der Waals surface area (Å²) in [4.78, 5) is 10.0. The molecule has 0 spiro atoms. The summed E-state index contributed by atoms with van der Waals surface area (Å²) < 4.78 is 25.3. The fraction of sp³-hybridized carbons (Fsp3) is 0.417. The number of aryl methyl sites for hydroxylation is 2. The van der Waals surface area contributed by atoms with Gasteiger partial charge in [0.2, 0.25) is 0 Å². The number of rotatable bonds is 3. The van der Waals surface area contributed by atoms with Gasteiger partial charge in [0.05, 0.1) is 0 Å². The first-order valence-corrected chi connectivity index (χ1v) is 8.09. The highest BCUT2D eigenvalue weighted by molar-refractivity contribution is 7.91. The van der Waals surface area contributed by atoms with E-state index < -0.39 is 9.84 Å². The lowest BCUT2D eigenvalue weighted by Crippen LogP contribution is -2.13. The maximum absolute atomic E-state index is 12.0. The molecule has 21 heavy (non-hydrogen) atoms. The summed E-state index contributed by atoms with van der Waals surface area (Å²) >= 11 is 0. The summed E-state index contributed by atoms with van der Waals surface area (Å²) in [7, 11) is -0.0987. The van der Waals surface area contributed by atoms with Crippen LogP contribution in [0, 0.1) is 13.8 Å². The molecule has 0 fully saturated rings. The Labute approximate surface area is 123 Å².